The first-order valence-corrected chi connectivity index (χ1v) is 7.87. The Labute approximate surface area is 127 Å². The molecule has 0 saturated heterocycles. The molecule has 0 fully saturated rings. The van der Waals surface area contributed by atoms with Gasteiger partial charge in [-0.05, 0) is 31.5 Å². The van der Waals surface area contributed by atoms with Gasteiger partial charge in [-0.15, -0.1) is 0 Å². The number of nitrogens with one attached hydrogen (secondary N) is 1. The Morgan fingerprint density at radius 2 is 2.00 bits per heavy atom. The number of aromatic amines is 1. The van der Waals surface area contributed by atoms with E-state index in [9.17, 15) is 0 Å². The fourth-order valence-electron chi connectivity index (χ4n) is 2.02. The number of hydrogen-bond donors (Lipinski definition) is 1. The Morgan fingerprint density at radius 1 is 1.19 bits per heavy atom. The second-order valence-electron chi connectivity index (χ2n) is 5.47. The highest BCUT2D eigenvalue weighted by Crippen LogP contribution is 2.33. The monoisotopic (exact) mass is 302 g/mol. The first-order chi connectivity index (χ1) is 10.0. The van der Waals surface area contributed by atoms with Gasteiger partial charge < -0.3 is 9.51 Å². The third kappa shape index (κ3) is 2.95. The lowest BCUT2D eigenvalue weighted by Gasteiger charge is -2.02. The zero-order chi connectivity index (χ0) is 15.0. The molecular formula is C15H18N4OS. The number of rotatable bonds is 4. The second-order valence-corrected chi connectivity index (χ2v) is 6.80. The lowest BCUT2D eigenvalue weighted by atomic mass is 10.2. The van der Waals surface area contributed by atoms with Gasteiger partial charge in [0.25, 0.3) is 0 Å². The summed E-state index contributed by atoms with van der Waals surface area (Å²) in [4.78, 5) is 12.3. The van der Waals surface area contributed by atoms with Gasteiger partial charge in [0.2, 0.25) is 5.89 Å². The SMILES string of the molecule is Cc1ccc2nc(SC(C)c3nc(C(C)C)no3)[nH]c2c1. The van der Waals surface area contributed by atoms with Gasteiger partial charge in [-0.3, -0.25) is 0 Å². The van der Waals surface area contributed by atoms with Crippen LogP contribution in [-0.4, -0.2) is 20.1 Å². The highest BCUT2D eigenvalue weighted by atomic mass is 32.2. The van der Waals surface area contributed by atoms with Crippen molar-refractivity contribution in [2.24, 2.45) is 0 Å². The maximum atomic E-state index is 5.33. The Morgan fingerprint density at radius 3 is 2.71 bits per heavy atom. The van der Waals surface area contributed by atoms with Crippen LogP contribution in [0.5, 0.6) is 0 Å². The van der Waals surface area contributed by atoms with Crippen LogP contribution in [0.4, 0.5) is 0 Å². The predicted molar refractivity (Wildman–Crippen MR) is 83.5 cm³/mol. The molecular weight excluding hydrogens is 284 g/mol. The van der Waals surface area contributed by atoms with Crippen LogP contribution in [0.2, 0.25) is 0 Å². The molecule has 0 bridgehead atoms. The van der Waals surface area contributed by atoms with Gasteiger partial charge in [-0.2, -0.15) is 4.98 Å². The first-order valence-electron chi connectivity index (χ1n) is 6.99. The van der Waals surface area contributed by atoms with Crippen molar-refractivity contribution in [3.05, 3.63) is 35.5 Å². The highest BCUT2D eigenvalue weighted by Gasteiger charge is 2.18. The summed E-state index contributed by atoms with van der Waals surface area (Å²) < 4.78 is 5.33. The molecule has 1 aromatic carbocycles. The molecule has 0 amide bonds. The Balaban J connectivity index is 1.80. The summed E-state index contributed by atoms with van der Waals surface area (Å²) in [6.45, 7) is 8.21. The summed E-state index contributed by atoms with van der Waals surface area (Å²) in [6, 6.07) is 6.19. The summed E-state index contributed by atoms with van der Waals surface area (Å²) in [5, 5.41) is 4.93. The number of aromatic nitrogens is 4. The van der Waals surface area contributed by atoms with E-state index in [-0.39, 0.29) is 11.2 Å². The van der Waals surface area contributed by atoms with E-state index in [1.807, 2.05) is 26.8 Å². The largest absolute Gasteiger partial charge is 0.338 e. The van der Waals surface area contributed by atoms with E-state index in [1.165, 1.54) is 5.56 Å². The highest BCUT2D eigenvalue weighted by molar-refractivity contribution is 7.99. The topological polar surface area (TPSA) is 67.6 Å². The molecule has 2 heterocycles. The van der Waals surface area contributed by atoms with Crippen LogP contribution in [0.25, 0.3) is 11.0 Å². The lowest BCUT2D eigenvalue weighted by Crippen LogP contribution is -1.93. The van der Waals surface area contributed by atoms with E-state index in [2.05, 4.69) is 39.2 Å². The number of H-pyrrole nitrogens is 1. The smallest absolute Gasteiger partial charge is 0.239 e. The number of aryl methyl sites for hydroxylation is 1. The van der Waals surface area contributed by atoms with Crippen LogP contribution in [0, 0.1) is 6.92 Å². The fraction of sp³-hybridized carbons (Fsp3) is 0.400. The molecule has 5 nitrogen and oxygen atoms in total. The van der Waals surface area contributed by atoms with Gasteiger partial charge in [0.05, 0.1) is 16.3 Å². The number of hydrogen-bond acceptors (Lipinski definition) is 5. The van der Waals surface area contributed by atoms with Crippen LogP contribution in [-0.2, 0) is 0 Å². The quantitative estimate of drug-likeness (QED) is 0.730. The summed E-state index contributed by atoms with van der Waals surface area (Å²) in [5.41, 5.74) is 3.25. The molecule has 1 unspecified atom stereocenters. The van der Waals surface area contributed by atoms with Crippen LogP contribution in [0.3, 0.4) is 0 Å². The van der Waals surface area contributed by atoms with Crippen molar-refractivity contribution in [1.29, 1.82) is 0 Å². The Bertz CT molecular complexity index is 762. The molecule has 1 atom stereocenters. The molecule has 0 saturated carbocycles. The molecule has 0 spiro atoms. The summed E-state index contributed by atoms with van der Waals surface area (Å²) in [6.07, 6.45) is 0. The second kappa shape index (κ2) is 5.52. The molecule has 3 rings (SSSR count). The average molecular weight is 302 g/mol. The van der Waals surface area contributed by atoms with Crippen LogP contribution >= 0.6 is 11.8 Å². The number of imidazole rings is 1. The van der Waals surface area contributed by atoms with E-state index in [0.717, 1.165) is 22.0 Å². The molecule has 0 aliphatic heterocycles. The van der Waals surface area contributed by atoms with E-state index in [4.69, 9.17) is 4.52 Å². The summed E-state index contributed by atoms with van der Waals surface area (Å²) in [7, 11) is 0. The van der Waals surface area contributed by atoms with Crippen molar-refractivity contribution in [2.75, 3.05) is 0 Å². The minimum Gasteiger partial charge on any atom is -0.338 e. The third-order valence-corrected chi connectivity index (χ3v) is 4.20. The zero-order valence-electron chi connectivity index (χ0n) is 12.5. The van der Waals surface area contributed by atoms with Crippen molar-refractivity contribution >= 4 is 22.8 Å². The third-order valence-electron chi connectivity index (χ3n) is 3.23. The Hall–Kier alpha value is -1.82. The summed E-state index contributed by atoms with van der Waals surface area (Å²) in [5.74, 6) is 1.66. The Kier molecular flexibility index (Phi) is 3.71. The van der Waals surface area contributed by atoms with Crippen molar-refractivity contribution in [1.82, 2.24) is 20.1 Å². The van der Waals surface area contributed by atoms with Crippen molar-refractivity contribution in [2.45, 2.75) is 44.0 Å². The van der Waals surface area contributed by atoms with Crippen LogP contribution in [0.15, 0.2) is 27.9 Å². The van der Waals surface area contributed by atoms with E-state index in [1.54, 1.807) is 11.8 Å². The number of fused-ring (bicyclic) bond motifs is 1. The van der Waals surface area contributed by atoms with E-state index >= 15 is 0 Å². The number of thioether (sulfide) groups is 1. The van der Waals surface area contributed by atoms with Gasteiger partial charge in [-0.1, -0.05) is 36.8 Å². The molecule has 0 radical (unpaired) electrons. The van der Waals surface area contributed by atoms with Crippen molar-refractivity contribution < 1.29 is 4.52 Å². The molecule has 6 heteroatoms. The maximum Gasteiger partial charge on any atom is 0.239 e. The van der Waals surface area contributed by atoms with E-state index < -0.39 is 0 Å². The number of benzene rings is 1. The zero-order valence-corrected chi connectivity index (χ0v) is 13.4. The van der Waals surface area contributed by atoms with Gasteiger partial charge in [0, 0.05) is 5.92 Å². The molecule has 0 aliphatic rings. The maximum absolute atomic E-state index is 5.33. The number of nitrogens with zero attached hydrogens (tertiary/aromatic N) is 3. The lowest BCUT2D eigenvalue weighted by molar-refractivity contribution is 0.373. The van der Waals surface area contributed by atoms with Crippen molar-refractivity contribution in [3.63, 3.8) is 0 Å². The van der Waals surface area contributed by atoms with Gasteiger partial charge in [-0.25, -0.2) is 4.98 Å². The van der Waals surface area contributed by atoms with Crippen LogP contribution < -0.4 is 0 Å². The molecule has 110 valence electrons. The van der Waals surface area contributed by atoms with Gasteiger partial charge >= 0.3 is 0 Å². The standard InChI is InChI=1S/C15H18N4OS/c1-8(2)13-18-14(20-19-13)10(4)21-15-16-11-6-5-9(3)7-12(11)17-15/h5-8,10H,1-4H3,(H,16,17). The molecule has 1 N–H and O–H groups in total. The minimum atomic E-state index is 0.0617. The van der Waals surface area contributed by atoms with Crippen LogP contribution in [0.1, 0.15) is 49.2 Å². The fourth-order valence-corrected chi connectivity index (χ4v) is 2.87. The molecule has 21 heavy (non-hydrogen) atoms. The molecule has 2 aromatic heterocycles. The summed E-state index contributed by atoms with van der Waals surface area (Å²) >= 11 is 1.59. The molecule has 0 aliphatic carbocycles. The van der Waals surface area contributed by atoms with Gasteiger partial charge in [0.1, 0.15) is 0 Å². The molecule has 3 aromatic rings. The minimum absolute atomic E-state index is 0.0617. The normalized spacial score (nSPS) is 13.2. The first kappa shape index (κ1) is 14.1. The average Bonchev–Trinajstić information content (AvgIpc) is 3.03. The van der Waals surface area contributed by atoms with E-state index in [0.29, 0.717) is 5.89 Å². The van der Waals surface area contributed by atoms with Gasteiger partial charge in [0.15, 0.2) is 11.0 Å². The predicted octanol–water partition coefficient (Wildman–Crippen LogP) is 4.23. The van der Waals surface area contributed by atoms with Crippen molar-refractivity contribution in [3.8, 4) is 0 Å².